The predicted molar refractivity (Wildman–Crippen MR) is 108 cm³/mol. The molecule has 0 saturated carbocycles. The standard InChI is InChI=1S/C23H21F3N2O2/c1-14-5-10-18(15(2)13-14)19-20(27-11-3-4-12-27)22(30)28(21(19)29)17-8-6-16(7-9-17)23(24,25)26/h5-10,13H,3-4,11-12H2,1-2H3. The minimum atomic E-state index is -4.49. The zero-order valence-electron chi connectivity index (χ0n) is 16.7. The molecule has 4 nitrogen and oxygen atoms in total. The Hall–Kier alpha value is -3.09. The first kappa shape index (κ1) is 20.2. The van der Waals surface area contributed by atoms with Crippen LogP contribution < -0.4 is 4.90 Å². The van der Waals surface area contributed by atoms with Gasteiger partial charge in [0, 0.05) is 13.1 Å². The van der Waals surface area contributed by atoms with Gasteiger partial charge < -0.3 is 4.90 Å². The number of hydrogen-bond donors (Lipinski definition) is 0. The molecule has 1 saturated heterocycles. The number of nitrogens with zero attached hydrogens (tertiary/aromatic N) is 2. The fourth-order valence-corrected chi connectivity index (χ4v) is 4.12. The summed E-state index contributed by atoms with van der Waals surface area (Å²) in [6.07, 6.45) is -2.64. The van der Waals surface area contributed by atoms with Gasteiger partial charge in [-0.05, 0) is 62.1 Å². The van der Waals surface area contributed by atoms with Crippen LogP contribution in [0.2, 0.25) is 0 Å². The first-order valence-corrected chi connectivity index (χ1v) is 9.81. The smallest absolute Gasteiger partial charge is 0.366 e. The van der Waals surface area contributed by atoms with Crippen molar-refractivity contribution < 1.29 is 22.8 Å². The van der Waals surface area contributed by atoms with Crippen LogP contribution in [-0.4, -0.2) is 29.8 Å². The molecule has 2 aromatic rings. The van der Waals surface area contributed by atoms with E-state index in [1.54, 1.807) is 0 Å². The summed E-state index contributed by atoms with van der Waals surface area (Å²) >= 11 is 0. The highest BCUT2D eigenvalue weighted by Crippen LogP contribution is 2.38. The third-order valence-corrected chi connectivity index (χ3v) is 5.59. The summed E-state index contributed by atoms with van der Waals surface area (Å²) < 4.78 is 38.7. The number of rotatable bonds is 3. The largest absolute Gasteiger partial charge is 0.416 e. The summed E-state index contributed by atoms with van der Waals surface area (Å²) in [6.45, 7) is 5.17. The van der Waals surface area contributed by atoms with E-state index in [1.165, 1.54) is 12.1 Å². The van der Waals surface area contributed by atoms with E-state index in [2.05, 4.69) is 0 Å². The van der Waals surface area contributed by atoms with Crippen LogP contribution in [-0.2, 0) is 15.8 Å². The third kappa shape index (κ3) is 3.38. The van der Waals surface area contributed by atoms with Crippen molar-refractivity contribution in [3.8, 4) is 0 Å². The molecule has 7 heteroatoms. The van der Waals surface area contributed by atoms with Gasteiger partial charge in [-0.2, -0.15) is 13.2 Å². The topological polar surface area (TPSA) is 40.6 Å². The summed E-state index contributed by atoms with van der Waals surface area (Å²) in [6, 6.07) is 9.78. The molecule has 0 aliphatic carbocycles. The lowest BCUT2D eigenvalue weighted by atomic mass is 9.97. The van der Waals surface area contributed by atoms with Gasteiger partial charge in [-0.15, -0.1) is 0 Å². The van der Waals surface area contributed by atoms with E-state index >= 15 is 0 Å². The number of alkyl halides is 3. The first-order chi connectivity index (χ1) is 14.2. The molecule has 0 atom stereocenters. The molecular formula is C23H21F3N2O2. The quantitative estimate of drug-likeness (QED) is 0.684. The van der Waals surface area contributed by atoms with Gasteiger partial charge in [-0.1, -0.05) is 23.8 Å². The lowest BCUT2D eigenvalue weighted by Crippen LogP contribution is -2.34. The number of carbonyl (C=O) groups excluding carboxylic acids is 2. The van der Waals surface area contributed by atoms with Gasteiger partial charge in [0.25, 0.3) is 11.8 Å². The Morgan fingerprint density at radius 1 is 0.867 bits per heavy atom. The molecule has 2 amide bonds. The van der Waals surface area contributed by atoms with Crippen molar-refractivity contribution in [3.63, 3.8) is 0 Å². The Labute approximate surface area is 172 Å². The zero-order chi connectivity index (χ0) is 21.6. The highest BCUT2D eigenvalue weighted by molar-refractivity contribution is 6.45. The maximum absolute atomic E-state index is 13.4. The summed E-state index contributed by atoms with van der Waals surface area (Å²) in [5.41, 5.74) is 2.55. The number of aryl methyl sites for hydroxylation is 2. The minimum absolute atomic E-state index is 0.134. The van der Waals surface area contributed by atoms with Crippen LogP contribution in [0.1, 0.15) is 35.1 Å². The van der Waals surface area contributed by atoms with Gasteiger partial charge in [0.05, 0.1) is 16.8 Å². The summed E-state index contributed by atoms with van der Waals surface area (Å²) in [5.74, 6) is -0.995. The van der Waals surface area contributed by atoms with E-state index in [-0.39, 0.29) is 5.69 Å². The molecule has 2 aromatic carbocycles. The van der Waals surface area contributed by atoms with Crippen molar-refractivity contribution in [2.24, 2.45) is 0 Å². The number of amides is 2. The predicted octanol–water partition coefficient (Wildman–Crippen LogP) is 4.70. The molecule has 0 N–H and O–H groups in total. The van der Waals surface area contributed by atoms with Crippen LogP contribution >= 0.6 is 0 Å². The molecule has 0 bridgehead atoms. The third-order valence-electron chi connectivity index (χ3n) is 5.59. The molecule has 4 rings (SSSR count). The zero-order valence-corrected chi connectivity index (χ0v) is 16.7. The average molecular weight is 414 g/mol. The van der Waals surface area contributed by atoms with E-state index in [0.717, 1.165) is 41.0 Å². The molecular weight excluding hydrogens is 393 g/mol. The molecule has 1 fully saturated rings. The van der Waals surface area contributed by atoms with Crippen molar-refractivity contribution in [2.75, 3.05) is 18.0 Å². The van der Waals surface area contributed by atoms with Gasteiger partial charge in [-0.3, -0.25) is 9.59 Å². The second-order valence-corrected chi connectivity index (χ2v) is 7.73. The van der Waals surface area contributed by atoms with Crippen LogP contribution in [0.5, 0.6) is 0 Å². The monoisotopic (exact) mass is 414 g/mol. The number of likely N-dealkylation sites (tertiary alicyclic amines) is 1. The van der Waals surface area contributed by atoms with E-state index < -0.39 is 23.6 Å². The molecule has 0 unspecified atom stereocenters. The number of halogens is 3. The Balaban J connectivity index is 1.80. The molecule has 2 heterocycles. The Kier molecular flexibility index (Phi) is 4.92. The number of carbonyl (C=O) groups is 2. The van der Waals surface area contributed by atoms with Gasteiger partial charge >= 0.3 is 6.18 Å². The molecule has 156 valence electrons. The van der Waals surface area contributed by atoms with Crippen molar-refractivity contribution in [2.45, 2.75) is 32.9 Å². The van der Waals surface area contributed by atoms with Crippen LogP contribution in [0.3, 0.4) is 0 Å². The molecule has 30 heavy (non-hydrogen) atoms. The number of benzene rings is 2. The molecule has 0 radical (unpaired) electrons. The number of hydrogen-bond acceptors (Lipinski definition) is 3. The molecule has 2 aliphatic heterocycles. The second-order valence-electron chi connectivity index (χ2n) is 7.73. The van der Waals surface area contributed by atoms with E-state index in [1.807, 2.05) is 36.9 Å². The normalized spacial score (nSPS) is 17.5. The van der Waals surface area contributed by atoms with E-state index in [4.69, 9.17) is 0 Å². The van der Waals surface area contributed by atoms with Crippen molar-refractivity contribution in [3.05, 3.63) is 70.4 Å². The molecule has 2 aliphatic rings. The lowest BCUT2D eigenvalue weighted by molar-refractivity contribution is -0.137. The Morgan fingerprint density at radius 3 is 2.07 bits per heavy atom. The van der Waals surface area contributed by atoms with Gasteiger partial charge in [0.15, 0.2) is 0 Å². The van der Waals surface area contributed by atoms with Crippen molar-refractivity contribution >= 4 is 23.1 Å². The number of imide groups is 1. The summed E-state index contributed by atoms with van der Waals surface area (Å²) in [7, 11) is 0. The van der Waals surface area contributed by atoms with Crippen molar-refractivity contribution in [1.29, 1.82) is 0 Å². The SMILES string of the molecule is Cc1ccc(C2=C(N3CCCC3)C(=O)N(c3ccc(C(F)(F)F)cc3)C2=O)c(C)c1. The van der Waals surface area contributed by atoms with E-state index in [0.29, 0.717) is 29.9 Å². The second kappa shape index (κ2) is 7.31. The minimum Gasteiger partial charge on any atom is -0.366 e. The maximum Gasteiger partial charge on any atom is 0.416 e. The summed E-state index contributed by atoms with van der Waals surface area (Å²) in [5, 5.41) is 0. The van der Waals surface area contributed by atoms with Crippen molar-refractivity contribution in [1.82, 2.24) is 4.90 Å². The summed E-state index contributed by atoms with van der Waals surface area (Å²) in [4.78, 5) is 29.6. The van der Waals surface area contributed by atoms with Crippen LogP contribution in [0, 0.1) is 13.8 Å². The first-order valence-electron chi connectivity index (χ1n) is 9.81. The van der Waals surface area contributed by atoms with Gasteiger partial charge in [0.2, 0.25) is 0 Å². The van der Waals surface area contributed by atoms with E-state index in [9.17, 15) is 22.8 Å². The van der Waals surface area contributed by atoms with Crippen LogP contribution in [0.25, 0.3) is 5.57 Å². The lowest BCUT2D eigenvalue weighted by Gasteiger charge is -2.20. The van der Waals surface area contributed by atoms with Gasteiger partial charge in [0.1, 0.15) is 5.70 Å². The highest BCUT2D eigenvalue weighted by Gasteiger charge is 2.43. The molecule has 0 aromatic heterocycles. The number of anilines is 1. The van der Waals surface area contributed by atoms with Crippen LogP contribution in [0.4, 0.5) is 18.9 Å². The fourth-order valence-electron chi connectivity index (χ4n) is 4.12. The Bertz CT molecular complexity index is 1050. The Morgan fingerprint density at radius 2 is 1.50 bits per heavy atom. The average Bonchev–Trinajstić information content (AvgIpc) is 3.28. The molecule has 0 spiro atoms. The van der Waals surface area contributed by atoms with Gasteiger partial charge in [-0.25, -0.2) is 4.90 Å². The fraction of sp³-hybridized carbons (Fsp3) is 0.304. The maximum atomic E-state index is 13.4. The highest BCUT2D eigenvalue weighted by atomic mass is 19.4. The van der Waals surface area contributed by atoms with Crippen LogP contribution in [0.15, 0.2) is 48.2 Å².